The van der Waals surface area contributed by atoms with Crippen molar-refractivity contribution in [2.75, 3.05) is 6.61 Å². The van der Waals surface area contributed by atoms with Gasteiger partial charge in [-0.25, -0.2) is 0 Å². The van der Waals surface area contributed by atoms with Crippen molar-refractivity contribution < 1.29 is 9.84 Å². The Bertz CT molecular complexity index is 503. The summed E-state index contributed by atoms with van der Waals surface area (Å²) in [6.07, 6.45) is 5.16. The van der Waals surface area contributed by atoms with Gasteiger partial charge in [0, 0.05) is 5.56 Å². The molecule has 1 aromatic rings. The van der Waals surface area contributed by atoms with Gasteiger partial charge in [0.2, 0.25) is 0 Å². The van der Waals surface area contributed by atoms with Crippen LogP contribution in [0.25, 0.3) is 0 Å². The van der Waals surface area contributed by atoms with E-state index in [0.717, 1.165) is 37.9 Å². The fraction of sp³-hybridized carbons (Fsp3) is 0.727. The van der Waals surface area contributed by atoms with E-state index in [2.05, 4.69) is 66.7 Å². The van der Waals surface area contributed by atoms with Gasteiger partial charge in [-0.15, -0.1) is 0 Å². The van der Waals surface area contributed by atoms with Gasteiger partial charge in [0.25, 0.3) is 0 Å². The molecule has 138 valence electrons. The topological polar surface area (TPSA) is 29.5 Å². The molecule has 2 nitrogen and oxygen atoms in total. The van der Waals surface area contributed by atoms with Crippen LogP contribution in [0.2, 0.25) is 0 Å². The zero-order chi connectivity index (χ0) is 18.4. The Kier molecular flexibility index (Phi) is 7.79. The second kappa shape index (κ2) is 8.89. The number of rotatable bonds is 10. The van der Waals surface area contributed by atoms with Gasteiger partial charge < -0.3 is 9.84 Å². The summed E-state index contributed by atoms with van der Waals surface area (Å²) in [4.78, 5) is 0. The van der Waals surface area contributed by atoms with Crippen LogP contribution >= 0.6 is 0 Å². The first-order valence-corrected chi connectivity index (χ1v) is 9.64. The molecule has 0 amide bonds. The summed E-state index contributed by atoms with van der Waals surface area (Å²) in [7, 11) is 0. The van der Waals surface area contributed by atoms with Gasteiger partial charge in [0.05, 0.1) is 6.61 Å². The van der Waals surface area contributed by atoms with E-state index in [9.17, 15) is 5.11 Å². The summed E-state index contributed by atoms with van der Waals surface area (Å²) in [5, 5.41) is 9.66. The molecule has 1 aromatic carbocycles. The van der Waals surface area contributed by atoms with Crippen LogP contribution in [-0.2, 0) is 10.8 Å². The average molecular weight is 335 g/mol. The second-order valence-corrected chi connectivity index (χ2v) is 8.25. The minimum Gasteiger partial charge on any atom is -0.488 e. The number of ether oxygens (including phenoxy) is 1. The van der Waals surface area contributed by atoms with Crippen molar-refractivity contribution in [3.8, 4) is 5.75 Å². The minimum atomic E-state index is -0.110. The maximum absolute atomic E-state index is 9.66. The zero-order valence-corrected chi connectivity index (χ0v) is 16.9. The number of aliphatic hydroxyl groups is 1. The van der Waals surface area contributed by atoms with Crippen molar-refractivity contribution in [1.82, 2.24) is 0 Å². The molecule has 2 heteroatoms. The standard InChI is InChI=1S/C22H38O2/c1-8-11-12-18(16-23)24-20-14-13-17(21(4,5)9-2)15-19(20)22(6,7)10-3/h13-15,18,23H,8-12,16H2,1-7H3. The van der Waals surface area contributed by atoms with E-state index < -0.39 is 0 Å². The number of hydrogen-bond acceptors (Lipinski definition) is 2. The van der Waals surface area contributed by atoms with Crippen LogP contribution in [0.5, 0.6) is 5.75 Å². The Morgan fingerprint density at radius 1 is 1.00 bits per heavy atom. The van der Waals surface area contributed by atoms with Crippen LogP contribution in [0, 0.1) is 0 Å². The molecule has 0 aliphatic rings. The van der Waals surface area contributed by atoms with Crippen molar-refractivity contribution in [1.29, 1.82) is 0 Å². The van der Waals surface area contributed by atoms with E-state index in [0.29, 0.717) is 0 Å². The van der Waals surface area contributed by atoms with E-state index >= 15 is 0 Å². The lowest BCUT2D eigenvalue weighted by Crippen LogP contribution is -2.25. The predicted octanol–water partition coefficient (Wildman–Crippen LogP) is 5.99. The lowest BCUT2D eigenvalue weighted by Gasteiger charge is -2.31. The first-order valence-electron chi connectivity index (χ1n) is 9.64. The lowest BCUT2D eigenvalue weighted by atomic mass is 9.76. The molecule has 24 heavy (non-hydrogen) atoms. The molecule has 0 saturated heterocycles. The highest BCUT2D eigenvalue weighted by atomic mass is 16.5. The Morgan fingerprint density at radius 3 is 2.12 bits per heavy atom. The summed E-state index contributed by atoms with van der Waals surface area (Å²) in [6.45, 7) is 15.8. The number of unbranched alkanes of at least 4 members (excludes halogenated alkanes) is 1. The monoisotopic (exact) mass is 334 g/mol. The Balaban J connectivity index is 3.24. The molecule has 1 unspecified atom stereocenters. The van der Waals surface area contributed by atoms with Gasteiger partial charge in [-0.05, 0) is 48.1 Å². The van der Waals surface area contributed by atoms with Crippen LogP contribution < -0.4 is 4.74 Å². The van der Waals surface area contributed by atoms with Gasteiger partial charge in [-0.2, -0.15) is 0 Å². The molecule has 0 fully saturated rings. The minimum absolute atomic E-state index is 0.0555. The van der Waals surface area contributed by atoms with Crippen molar-refractivity contribution in [3.63, 3.8) is 0 Å². The summed E-state index contributed by atoms with van der Waals surface area (Å²) >= 11 is 0. The van der Waals surface area contributed by atoms with Crippen molar-refractivity contribution >= 4 is 0 Å². The van der Waals surface area contributed by atoms with Crippen LogP contribution in [0.4, 0.5) is 0 Å². The molecule has 0 aliphatic carbocycles. The Hall–Kier alpha value is -1.02. The molecule has 0 heterocycles. The number of benzene rings is 1. The second-order valence-electron chi connectivity index (χ2n) is 8.25. The molecule has 0 spiro atoms. The highest BCUT2D eigenvalue weighted by molar-refractivity contribution is 5.44. The summed E-state index contributed by atoms with van der Waals surface area (Å²) in [5.41, 5.74) is 2.84. The molecular weight excluding hydrogens is 296 g/mol. The molecule has 1 atom stereocenters. The molecule has 1 rings (SSSR count). The Labute approximate surface area is 149 Å². The third kappa shape index (κ3) is 5.24. The van der Waals surface area contributed by atoms with E-state index in [1.165, 1.54) is 11.1 Å². The highest BCUT2D eigenvalue weighted by Gasteiger charge is 2.27. The fourth-order valence-electron chi connectivity index (χ4n) is 2.78. The third-order valence-corrected chi connectivity index (χ3v) is 5.63. The number of hydrogen-bond donors (Lipinski definition) is 1. The van der Waals surface area contributed by atoms with Gasteiger partial charge in [-0.3, -0.25) is 0 Å². The maximum Gasteiger partial charge on any atom is 0.123 e. The normalized spacial score (nSPS) is 13.8. The first-order chi connectivity index (χ1) is 11.2. The molecule has 0 aliphatic heterocycles. The smallest absolute Gasteiger partial charge is 0.123 e. The largest absolute Gasteiger partial charge is 0.488 e. The first kappa shape index (κ1) is 21.0. The molecule has 1 N–H and O–H groups in total. The Morgan fingerprint density at radius 2 is 1.62 bits per heavy atom. The van der Waals surface area contributed by atoms with E-state index in [4.69, 9.17) is 4.74 Å². The van der Waals surface area contributed by atoms with Crippen LogP contribution in [0.15, 0.2) is 18.2 Å². The quantitative estimate of drug-likeness (QED) is 0.569. The molecule has 0 saturated carbocycles. The molecule has 0 bridgehead atoms. The lowest BCUT2D eigenvalue weighted by molar-refractivity contribution is 0.104. The molecule has 0 radical (unpaired) electrons. The number of aliphatic hydroxyl groups excluding tert-OH is 1. The van der Waals surface area contributed by atoms with Gasteiger partial charge in [-0.1, -0.05) is 67.0 Å². The van der Waals surface area contributed by atoms with Crippen molar-refractivity contribution in [3.05, 3.63) is 29.3 Å². The van der Waals surface area contributed by atoms with Gasteiger partial charge in [0.1, 0.15) is 11.9 Å². The predicted molar refractivity (Wildman–Crippen MR) is 104 cm³/mol. The van der Waals surface area contributed by atoms with E-state index in [-0.39, 0.29) is 23.5 Å². The van der Waals surface area contributed by atoms with E-state index in [1.54, 1.807) is 0 Å². The summed E-state index contributed by atoms with van der Waals surface area (Å²) < 4.78 is 6.24. The van der Waals surface area contributed by atoms with Crippen LogP contribution in [-0.4, -0.2) is 17.8 Å². The zero-order valence-electron chi connectivity index (χ0n) is 16.9. The van der Waals surface area contributed by atoms with E-state index in [1.807, 2.05) is 0 Å². The molecule has 0 aromatic heterocycles. The third-order valence-electron chi connectivity index (χ3n) is 5.63. The SMILES string of the molecule is CCCCC(CO)Oc1ccc(C(C)(C)CC)cc1C(C)(C)CC. The van der Waals surface area contributed by atoms with Crippen LogP contribution in [0.1, 0.15) is 91.7 Å². The molecular formula is C22H38O2. The van der Waals surface area contributed by atoms with Crippen molar-refractivity contribution in [2.45, 2.75) is 97.5 Å². The van der Waals surface area contributed by atoms with Crippen LogP contribution in [0.3, 0.4) is 0 Å². The highest BCUT2D eigenvalue weighted by Crippen LogP contribution is 2.39. The van der Waals surface area contributed by atoms with Gasteiger partial charge in [0.15, 0.2) is 0 Å². The average Bonchev–Trinajstić information content (AvgIpc) is 2.58. The summed E-state index contributed by atoms with van der Waals surface area (Å²) in [6, 6.07) is 6.65. The maximum atomic E-state index is 9.66. The van der Waals surface area contributed by atoms with Crippen molar-refractivity contribution in [2.24, 2.45) is 0 Å². The fourth-order valence-corrected chi connectivity index (χ4v) is 2.78. The summed E-state index contributed by atoms with van der Waals surface area (Å²) in [5.74, 6) is 0.938. The van der Waals surface area contributed by atoms with Gasteiger partial charge >= 0.3 is 0 Å².